The lowest BCUT2D eigenvalue weighted by atomic mass is 9.88. The molecule has 0 aliphatic heterocycles. The molecule has 0 aromatic heterocycles. The molecule has 1 aliphatic rings. The summed E-state index contributed by atoms with van der Waals surface area (Å²) in [4.78, 5) is 2.35. The molecule has 78 valence electrons. The van der Waals surface area contributed by atoms with Crippen LogP contribution in [0.5, 0.6) is 0 Å². The molecule has 0 N–H and O–H groups in total. The Morgan fingerprint density at radius 2 is 1.85 bits per heavy atom. The molecule has 0 spiro atoms. The SMILES string of the molecule is CN(CCS)CC1(S)CCCCC1. The van der Waals surface area contributed by atoms with Crippen molar-refractivity contribution < 1.29 is 0 Å². The van der Waals surface area contributed by atoms with Crippen LogP contribution >= 0.6 is 25.3 Å². The van der Waals surface area contributed by atoms with Crippen molar-refractivity contribution in [2.75, 3.05) is 25.9 Å². The number of nitrogens with zero attached hydrogens (tertiary/aromatic N) is 1. The second-order valence-corrected chi connectivity index (χ2v) is 5.64. The van der Waals surface area contributed by atoms with Crippen LogP contribution in [0.1, 0.15) is 32.1 Å². The van der Waals surface area contributed by atoms with Crippen molar-refractivity contribution in [1.29, 1.82) is 0 Å². The highest BCUT2D eigenvalue weighted by molar-refractivity contribution is 7.81. The molecule has 1 saturated carbocycles. The fourth-order valence-corrected chi connectivity index (χ4v) is 3.02. The second-order valence-electron chi connectivity index (χ2n) is 4.25. The minimum atomic E-state index is 0.288. The number of hydrogen-bond acceptors (Lipinski definition) is 3. The van der Waals surface area contributed by atoms with E-state index in [1.165, 1.54) is 32.1 Å². The molecule has 1 rings (SSSR count). The van der Waals surface area contributed by atoms with E-state index in [2.05, 4.69) is 24.6 Å². The first-order valence-corrected chi connectivity index (χ1v) is 6.26. The van der Waals surface area contributed by atoms with Gasteiger partial charge in [0, 0.05) is 23.6 Å². The first-order chi connectivity index (χ1) is 6.16. The predicted octanol–water partition coefficient (Wildman–Crippen LogP) is 2.48. The van der Waals surface area contributed by atoms with Gasteiger partial charge in [0.05, 0.1) is 0 Å². The maximum atomic E-state index is 4.82. The molecular formula is C10H21NS2. The van der Waals surface area contributed by atoms with E-state index in [9.17, 15) is 0 Å². The van der Waals surface area contributed by atoms with Gasteiger partial charge in [0.1, 0.15) is 0 Å². The minimum absolute atomic E-state index is 0.288. The Morgan fingerprint density at radius 1 is 1.23 bits per heavy atom. The van der Waals surface area contributed by atoms with Gasteiger partial charge >= 0.3 is 0 Å². The topological polar surface area (TPSA) is 3.24 Å². The van der Waals surface area contributed by atoms with Gasteiger partial charge in [-0.05, 0) is 19.9 Å². The van der Waals surface area contributed by atoms with Crippen molar-refractivity contribution in [2.45, 2.75) is 36.9 Å². The van der Waals surface area contributed by atoms with Gasteiger partial charge in [0.2, 0.25) is 0 Å². The van der Waals surface area contributed by atoms with Crippen LogP contribution in [0.15, 0.2) is 0 Å². The Bertz CT molecular complexity index is 144. The molecule has 0 bridgehead atoms. The first-order valence-electron chi connectivity index (χ1n) is 5.18. The van der Waals surface area contributed by atoms with E-state index in [1.807, 2.05) is 0 Å². The summed E-state index contributed by atoms with van der Waals surface area (Å²) in [5.41, 5.74) is 0. The third-order valence-corrected chi connectivity index (χ3v) is 3.62. The molecule has 0 aromatic carbocycles. The molecule has 1 nitrogen and oxygen atoms in total. The van der Waals surface area contributed by atoms with Crippen molar-refractivity contribution in [3.63, 3.8) is 0 Å². The van der Waals surface area contributed by atoms with Crippen molar-refractivity contribution in [3.05, 3.63) is 0 Å². The quantitative estimate of drug-likeness (QED) is 0.687. The molecule has 13 heavy (non-hydrogen) atoms. The summed E-state index contributed by atoms with van der Waals surface area (Å²) < 4.78 is 0.288. The largest absolute Gasteiger partial charge is 0.304 e. The van der Waals surface area contributed by atoms with E-state index in [0.717, 1.165) is 18.8 Å². The highest BCUT2D eigenvalue weighted by Crippen LogP contribution is 2.34. The van der Waals surface area contributed by atoms with Gasteiger partial charge in [-0.1, -0.05) is 19.3 Å². The molecule has 0 unspecified atom stereocenters. The van der Waals surface area contributed by atoms with E-state index in [-0.39, 0.29) is 4.75 Å². The fraction of sp³-hybridized carbons (Fsp3) is 1.00. The van der Waals surface area contributed by atoms with Gasteiger partial charge in [-0.3, -0.25) is 0 Å². The van der Waals surface area contributed by atoms with E-state index < -0.39 is 0 Å². The first kappa shape index (κ1) is 11.7. The summed E-state index contributed by atoms with van der Waals surface area (Å²) in [6.45, 7) is 2.20. The van der Waals surface area contributed by atoms with Gasteiger partial charge in [-0.2, -0.15) is 25.3 Å². The third kappa shape index (κ3) is 4.13. The smallest absolute Gasteiger partial charge is 0.0256 e. The van der Waals surface area contributed by atoms with Crippen LogP contribution in [0.4, 0.5) is 0 Å². The summed E-state index contributed by atoms with van der Waals surface area (Å²) >= 11 is 9.05. The highest BCUT2D eigenvalue weighted by Gasteiger charge is 2.28. The minimum Gasteiger partial charge on any atom is -0.304 e. The Labute approximate surface area is 93.1 Å². The maximum Gasteiger partial charge on any atom is 0.0256 e. The van der Waals surface area contributed by atoms with Crippen LogP contribution in [0.3, 0.4) is 0 Å². The zero-order valence-corrected chi connectivity index (χ0v) is 10.3. The average molecular weight is 219 g/mol. The van der Waals surface area contributed by atoms with E-state index >= 15 is 0 Å². The lowest BCUT2D eigenvalue weighted by Crippen LogP contribution is -2.39. The Hall–Kier alpha value is 0.660. The molecule has 0 amide bonds. The summed E-state index contributed by atoms with van der Waals surface area (Å²) in [5.74, 6) is 0.945. The lowest BCUT2D eigenvalue weighted by Gasteiger charge is -2.36. The molecule has 3 heteroatoms. The average Bonchev–Trinajstić information content (AvgIpc) is 2.04. The summed E-state index contributed by atoms with van der Waals surface area (Å²) in [7, 11) is 2.17. The van der Waals surface area contributed by atoms with Gasteiger partial charge in [-0.25, -0.2) is 0 Å². The Morgan fingerprint density at radius 3 is 2.38 bits per heavy atom. The van der Waals surface area contributed by atoms with Crippen molar-refractivity contribution in [1.82, 2.24) is 4.90 Å². The molecule has 1 aliphatic carbocycles. The van der Waals surface area contributed by atoms with E-state index in [1.54, 1.807) is 0 Å². The number of rotatable bonds is 4. The van der Waals surface area contributed by atoms with Gasteiger partial charge < -0.3 is 4.90 Å². The van der Waals surface area contributed by atoms with Crippen LogP contribution in [0.2, 0.25) is 0 Å². The lowest BCUT2D eigenvalue weighted by molar-refractivity contribution is 0.270. The molecule has 0 heterocycles. The van der Waals surface area contributed by atoms with Crippen molar-refractivity contribution in [2.24, 2.45) is 0 Å². The summed E-state index contributed by atoms with van der Waals surface area (Å²) in [6.07, 6.45) is 6.69. The van der Waals surface area contributed by atoms with Crippen LogP contribution < -0.4 is 0 Å². The molecule has 0 aromatic rings. The molecule has 1 fully saturated rings. The summed E-state index contributed by atoms with van der Waals surface area (Å²) in [5, 5.41) is 0. The normalized spacial score (nSPS) is 22.2. The van der Waals surface area contributed by atoms with Crippen molar-refractivity contribution >= 4 is 25.3 Å². The van der Waals surface area contributed by atoms with Crippen molar-refractivity contribution in [3.8, 4) is 0 Å². The number of hydrogen-bond donors (Lipinski definition) is 2. The molecular weight excluding hydrogens is 198 g/mol. The monoisotopic (exact) mass is 219 g/mol. The molecule has 0 radical (unpaired) electrons. The predicted molar refractivity (Wildman–Crippen MR) is 66.2 cm³/mol. The van der Waals surface area contributed by atoms with E-state index in [0.29, 0.717) is 0 Å². The second kappa shape index (κ2) is 5.52. The summed E-state index contributed by atoms with van der Waals surface area (Å²) in [6, 6.07) is 0. The van der Waals surface area contributed by atoms with Crippen LogP contribution in [0.25, 0.3) is 0 Å². The molecule has 0 atom stereocenters. The van der Waals surface area contributed by atoms with E-state index in [4.69, 9.17) is 12.6 Å². The molecule has 0 saturated heterocycles. The van der Waals surface area contributed by atoms with Crippen LogP contribution in [-0.2, 0) is 0 Å². The standard InChI is InChI=1S/C10H21NS2/c1-11(7-8-12)9-10(13)5-3-2-4-6-10/h12-13H,2-9H2,1H3. The highest BCUT2D eigenvalue weighted by atomic mass is 32.1. The third-order valence-electron chi connectivity index (χ3n) is 2.83. The van der Waals surface area contributed by atoms with Crippen LogP contribution in [-0.4, -0.2) is 35.5 Å². The zero-order chi connectivity index (χ0) is 9.73. The van der Waals surface area contributed by atoms with Gasteiger partial charge in [0.25, 0.3) is 0 Å². The van der Waals surface area contributed by atoms with Gasteiger partial charge in [-0.15, -0.1) is 0 Å². The Kier molecular flexibility index (Phi) is 4.98. The van der Waals surface area contributed by atoms with Crippen LogP contribution in [0, 0.1) is 0 Å². The fourth-order valence-electron chi connectivity index (χ4n) is 2.12. The van der Waals surface area contributed by atoms with Gasteiger partial charge in [0.15, 0.2) is 0 Å². The maximum absolute atomic E-state index is 4.82. The zero-order valence-electron chi connectivity index (χ0n) is 8.50. The Balaban J connectivity index is 2.31. The number of thiol groups is 2.